The number of hydrogen-bond acceptors (Lipinski definition) is 2. The van der Waals surface area contributed by atoms with Gasteiger partial charge in [0.05, 0.1) is 11.1 Å². The van der Waals surface area contributed by atoms with E-state index in [1.54, 1.807) is 0 Å². The smallest absolute Gasteiger partial charge is 0.0706 e. The number of aliphatic imine (C=N–C) groups is 1. The molecule has 1 atom stereocenters. The Labute approximate surface area is 96.0 Å². The van der Waals surface area contributed by atoms with Gasteiger partial charge in [0.2, 0.25) is 0 Å². The molecule has 1 aliphatic rings. The van der Waals surface area contributed by atoms with Crippen LogP contribution in [0.3, 0.4) is 0 Å². The van der Waals surface area contributed by atoms with Crippen LogP contribution < -0.4 is 0 Å². The summed E-state index contributed by atoms with van der Waals surface area (Å²) in [6.45, 7) is 4.44. The van der Waals surface area contributed by atoms with Crippen molar-refractivity contribution in [2.45, 2.75) is 26.3 Å². The first-order valence-electron chi connectivity index (χ1n) is 5.50. The topological polar surface area (TPSA) is 12.4 Å². The van der Waals surface area contributed by atoms with Gasteiger partial charge in [0.15, 0.2) is 0 Å². The van der Waals surface area contributed by atoms with Crippen molar-refractivity contribution in [3.8, 4) is 0 Å². The van der Waals surface area contributed by atoms with Crippen molar-refractivity contribution < 1.29 is 0 Å². The predicted octanol–water partition coefficient (Wildman–Crippen LogP) is 3.40. The lowest BCUT2D eigenvalue weighted by Gasteiger charge is -2.05. The highest BCUT2D eigenvalue weighted by molar-refractivity contribution is 8.14. The third-order valence-electron chi connectivity index (χ3n) is 2.54. The van der Waals surface area contributed by atoms with Gasteiger partial charge in [-0.25, -0.2) is 0 Å². The van der Waals surface area contributed by atoms with Crippen molar-refractivity contribution in [2.75, 3.05) is 5.75 Å². The summed E-state index contributed by atoms with van der Waals surface area (Å²) < 4.78 is 0. The monoisotopic (exact) mass is 219 g/mol. The number of hydrogen-bond donors (Lipinski definition) is 0. The molecule has 0 saturated carbocycles. The summed E-state index contributed by atoms with van der Waals surface area (Å²) in [6.07, 6.45) is 1.09. The molecule has 0 aliphatic carbocycles. The van der Waals surface area contributed by atoms with E-state index in [0.717, 1.165) is 12.2 Å². The Kier molecular flexibility index (Phi) is 3.47. The Bertz CT molecular complexity index is 343. The maximum atomic E-state index is 4.76. The Hall–Kier alpha value is -0.760. The van der Waals surface area contributed by atoms with Gasteiger partial charge in [-0.05, 0) is 12.0 Å². The van der Waals surface area contributed by atoms with E-state index in [-0.39, 0.29) is 0 Å². The van der Waals surface area contributed by atoms with Gasteiger partial charge in [0, 0.05) is 11.7 Å². The average Bonchev–Trinajstić information content (AvgIpc) is 2.68. The van der Waals surface area contributed by atoms with Gasteiger partial charge in [0.1, 0.15) is 0 Å². The number of thioether (sulfide) groups is 1. The number of benzene rings is 1. The first-order chi connectivity index (χ1) is 7.25. The fourth-order valence-corrected chi connectivity index (χ4v) is 2.86. The highest BCUT2D eigenvalue weighted by atomic mass is 32.2. The largest absolute Gasteiger partial charge is 0.278 e. The van der Waals surface area contributed by atoms with Crippen LogP contribution in [0.2, 0.25) is 0 Å². The van der Waals surface area contributed by atoms with Crippen molar-refractivity contribution in [3.05, 3.63) is 35.9 Å². The summed E-state index contributed by atoms with van der Waals surface area (Å²) in [4.78, 5) is 4.76. The molecule has 0 N–H and O–H groups in total. The minimum atomic E-state index is 0.495. The zero-order valence-electron chi connectivity index (χ0n) is 9.31. The zero-order valence-corrected chi connectivity index (χ0v) is 10.1. The highest BCUT2D eigenvalue weighted by Crippen LogP contribution is 2.25. The molecule has 15 heavy (non-hydrogen) atoms. The van der Waals surface area contributed by atoms with E-state index in [1.165, 1.54) is 10.6 Å². The van der Waals surface area contributed by atoms with Crippen molar-refractivity contribution >= 4 is 16.8 Å². The molecule has 0 fully saturated rings. The molecule has 0 spiro atoms. The minimum Gasteiger partial charge on any atom is -0.278 e. The van der Waals surface area contributed by atoms with Gasteiger partial charge in [0.25, 0.3) is 0 Å². The highest BCUT2D eigenvalue weighted by Gasteiger charge is 2.19. The maximum absolute atomic E-state index is 4.76. The van der Waals surface area contributed by atoms with Crippen LogP contribution in [0.25, 0.3) is 0 Å². The SMILES string of the molecule is CC(C)C1=N[C@@H](Cc2ccccc2)CS1. The predicted molar refractivity (Wildman–Crippen MR) is 68.7 cm³/mol. The molecule has 1 aromatic carbocycles. The first kappa shape index (κ1) is 10.7. The van der Waals surface area contributed by atoms with Crippen LogP contribution in [-0.4, -0.2) is 16.8 Å². The Balaban J connectivity index is 1.98. The lowest BCUT2D eigenvalue weighted by Crippen LogP contribution is -2.07. The molecule has 2 rings (SSSR count). The van der Waals surface area contributed by atoms with Crippen LogP contribution in [0.5, 0.6) is 0 Å². The third-order valence-corrected chi connectivity index (χ3v) is 3.97. The molecule has 0 amide bonds. The van der Waals surface area contributed by atoms with E-state index in [1.807, 2.05) is 11.8 Å². The Morgan fingerprint density at radius 2 is 2.07 bits per heavy atom. The maximum Gasteiger partial charge on any atom is 0.0706 e. The third kappa shape index (κ3) is 2.85. The fraction of sp³-hybridized carbons (Fsp3) is 0.462. The summed E-state index contributed by atoms with van der Waals surface area (Å²) in [5.41, 5.74) is 1.40. The van der Waals surface area contributed by atoms with E-state index in [9.17, 15) is 0 Å². The summed E-state index contributed by atoms with van der Waals surface area (Å²) in [7, 11) is 0. The second-order valence-electron chi connectivity index (χ2n) is 4.28. The molecule has 1 heterocycles. The van der Waals surface area contributed by atoms with Gasteiger partial charge in [-0.1, -0.05) is 44.2 Å². The number of nitrogens with zero attached hydrogens (tertiary/aromatic N) is 1. The summed E-state index contributed by atoms with van der Waals surface area (Å²) in [6, 6.07) is 11.1. The van der Waals surface area contributed by atoms with Crippen molar-refractivity contribution in [1.29, 1.82) is 0 Å². The molecule has 1 aliphatic heterocycles. The molecule has 0 unspecified atom stereocenters. The molecular formula is C13H17NS. The summed E-state index contributed by atoms with van der Waals surface area (Å²) in [5.74, 6) is 1.75. The molecule has 0 saturated heterocycles. The molecule has 0 aromatic heterocycles. The fourth-order valence-electron chi connectivity index (χ4n) is 1.74. The van der Waals surface area contributed by atoms with Gasteiger partial charge >= 0.3 is 0 Å². The van der Waals surface area contributed by atoms with E-state index < -0.39 is 0 Å². The van der Waals surface area contributed by atoms with Crippen LogP contribution in [-0.2, 0) is 6.42 Å². The molecule has 0 bridgehead atoms. The molecular weight excluding hydrogens is 202 g/mol. The second kappa shape index (κ2) is 4.84. The molecule has 2 heteroatoms. The van der Waals surface area contributed by atoms with Crippen LogP contribution in [0.1, 0.15) is 19.4 Å². The standard InChI is InChI=1S/C13H17NS/c1-10(2)13-14-12(9-15-13)8-11-6-4-3-5-7-11/h3-7,10,12H,8-9H2,1-2H3/t12-/m0/s1. The Morgan fingerprint density at radius 3 is 2.67 bits per heavy atom. The lowest BCUT2D eigenvalue weighted by molar-refractivity contribution is 0.753. The summed E-state index contributed by atoms with van der Waals surface area (Å²) in [5, 5.41) is 1.33. The summed E-state index contributed by atoms with van der Waals surface area (Å²) >= 11 is 1.93. The quantitative estimate of drug-likeness (QED) is 0.759. The van der Waals surface area contributed by atoms with Crippen molar-refractivity contribution in [1.82, 2.24) is 0 Å². The van der Waals surface area contributed by atoms with E-state index in [0.29, 0.717) is 12.0 Å². The minimum absolute atomic E-state index is 0.495. The average molecular weight is 219 g/mol. The number of rotatable bonds is 3. The van der Waals surface area contributed by atoms with Crippen LogP contribution >= 0.6 is 11.8 Å². The zero-order chi connectivity index (χ0) is 10.7. The molecule has 80 valence electrons. The van der Waals surface area contributed by atoms with Gasteiger partial charge in [-0.15, -0.1) is 11.8 Å². The molecule has 1 aromatic rings. The van der Waals surface area contributed by atoms with Crippen LogP contribution in [0.15, 0.2) is 35.3 Å². The van der Waals surface area contributed by atoms with Gasteiger partial charge < -0.3 is 0 Å². The van der Waals surface area contributed by atoms with E-state index in [2.05, 4.69) is 44.2 Å². The van der Waals surface area contributed by atoms with Crippen molar-refractivity contribution in [3.63, 3.8) is 0 Å². The Morgan fingerprint density at radius 1 is 1.33 bits per heavy atom. The lowest BCUT2D eigenvalue weighted by atomic mass is 10.1. The van der Waals surface area contributed by atoms with E-state index in [4.69, 9.17) is 4.99 Å². The van der Waals surface area contributed by atoms with Crippen molar-refractivity contribution in [2.24, 2.45) is 10.9 Å². The van der Waals surface area contributed by atoms with Crippen LogP contribution in [0.4, 0.5) is 0 Å². The second-order valence-corrected chi connectivity index (χ2v) is 5.32. The van der Waals surface area contributed by atoms with Gasteiger partial charge in [-0.2, -0.15) is 0 Å². The molecule has 1 nitrogen and oxygen atoms in total. The normalized spacial score (nSPS) is 20.7. The van der Waals surface area contributed by atoms with E-state index >= 15 is 0 Å². The van der Waals surface area contributed by atoms with Crippen LogP contribution in [0, 0.1) is 5.92 Å². The molecule has 0 radical (unpaired) electrons. The van der Waals surface area contributed by atoms with Gasteiger partial charge in [-0.3, -0.25) is 4.99 Å². The first-order valence-corrected chi connectivity index (χ1v) is 6.48.